The van der Waals surface area contributed by atoms with Gasteiger partial charge in [-0.15, -0.1) is 0 Å². The number of hydrogen-bond acceptors (Lipinski definition) is 3. The molecule has 1 fully saturated rings. The minimum absolute atomic E-state index is 0.332. The van der Waals surface area contributed by atoms with Gasteiger partial charge in [0.25, 0.3) is 0 Å². The van der Waals surface area contributed by atoms with Crippen LogP contribution in [0.15, 0.2) is 0 Å². The molecule has 0 aromatic heterocycles. The van der Waals surface area contributed by atoms with E-state index in [1.165, 1.54) is 5.75 Å². The van der Waals surface area contributed by atoms with E-state index in [-0.39, 0.29) is 0 Å². The summed E-state index contributed by atoms with van der Waals surface area (Å²) < 4.78 is 0. The molecule has 100 valence electrons. The van der Waals surface area contributed by atoms with E-state index < -0.39 is 0 Å². The summed E-state index contributed by atoms with van der Waals surface area (Å²) in [6, 6.07) is 0.389. The third-order valence-corrected chi connectivity index (χ3v) is 4.62. The first kappa shape index (κ1) is 15.3. The lowest BCUT2D eigenvalue weighted by Gasteiger charge is -2.31. The molecule has 1 saturated heterocycles. The Morgan fingerprint density at radius 2 is 2.29 bits per heavy atom. The number of amides is 1. The number of thioether (sulfide) groups is 1. The summed E-state index contributed by atoms with van der Waals surface area (Å²) >= 11 is 5.37. The summed E-state index contributed by atoms with van der Waals surface area (Å²) in [4.78, 5) is 16.5. The lowest BCUT2D eigenvalue weighted by Crippen LogP contribution is -2.46. The Morgan fingerprint density at radius 1 is 1.53 bits per heavy atom. The molecule has 0 saturated carbocycles. The van der Waals surface area contributed by atoms with Gasteiger partial charge in [-0.2, -0.15) is 11.8 Å². The maximum absolute atomic E-state index is 12.2. The minimum atomic E-state index is 0.332. The SMILES string of the molecule is CN(C)CC1CSCCCN1C(=O)CCCBr. The fraction of sp³-hybridized carbons (Fsp3) is 0.917. The number of hydrogen-bond donors (Lipinski definition) is 0. The van der Waals surface area contributed by atoms with Crippen molar-refractivity contribution in [2.45, 2.75) is 25.3 Å². The Labute approximate surface area is 117 Å². The molecule has 1 amide bonds. The molecule has 5 heteroatoms. The molecule has 0 aromatic rings. The van der Waals surface area contributed by atoms with Crippen molar-refractivity contribution < 1.29 is 4.79 Å². The molecule has 3 nitrogen and oxygen atoms in total. The van der Waals surface area contributed by atoms with Crippen LogP contribution in [0.25, 0.3) is 0 Å². The number of rotatable bonds is 5. The molecule has 1 rings (SSSR count). The lowest BCUT2D eigenvalue weighted by atomic mass is 10.2. The lowest BCUT2D eigenvalue weighted by molar-refractivity contribution is -0.133. The first-order chi connectivity index (χ1) is 8.15. The van der Waals surface area contributed by atoms with Gasteiger partial charge in [0, 0.05) is 30.6 Å². The van der Waals surface area contributed by atoms with E-state index in [1.807, 2.05) is 11.8 Å². The second-order valence-corrected chi connectivity index (χ2v) is 6.67. The van der Waals surface area contributed by atoms with Crippen molar-refractivity contribution in [2.24, 2.45) is 0 Å². The van der Waals surface area contributed by atoms with Crippen molar-refractivity contribution in [1.29, 1.82) is 0 Å². The van der Waals surface area contributed by atoms with Gasteiger partial charge in [-0.1, -0.05) is 15.9 Å². The Kier molecular flexibility index (Phi) is 7.55. The van der Waals surface area contributed by atoms with E-state index in [2.05, 4.69) is 39.8 Å². The highest BCUT2D eigenvalue weighted by molar-refractivity contribution is 9.09. The van der Waals surface area contributed by atoms with Crippen molar-refractivity contribution in [3.05, 3.63) is 0 Å². The first-order valence-corrected chi connectivity index (χ1v) is 8.50. The van der Waals surface area contributed by atoms with Crippen LogP contribution in [0.5, 0.6) is 0 Å². The first-order valence-electron chi connectivity index (χ1n) is 6.23. The van der Waals surface area contributed by atoms with Crippen molar-refractivity contribution in [3.63, 3.8) is 0 Å². The number of alkyl halides is 1. The van der Waals surface area contributed by atoms with Gasteiger partial charge in [0.1, 0.15) is 0 Å². The van der Waals surface area contributed by atoms with Crippen LogP contribution in [0.3, 0.4) is 0 Å². The summed E-state index contributed by atoms with van der Waals surface area (Å²) in [5.74, 6) is 2.60. The van der Waals surface area contributed by atoms with Gasteiger partial charge in [0.15, 0.2) is 0 Å². The molecule has 1 aliphatic rings. The van der Waals surface area contributed by atoms with Crippen molar-refractivity contribution in [3.8, 4) is 0 Å². The van der Waals surface area contributed by atoms with E-state index in [1.54, 1.807) is 0 Å². The van der Waals surface area contributed by atoms with E-state index in [0.717, 1.165) is 37.0 Å². The Balaban J connectivity index is 2.57. The summed E-state index contributed by atoms with van der Waals surface area (Å²) in [6.07, 6.45) is 2.76. The molecule has 1 unspecified atom stereocenters. The van der Waals surface area contributed by atoms with Crippen molar-refractivity contribution >= 4 is 33.6 Å². The molecular formula is C12H23BrN2OS. The van der Waals surface area contributed by atoms with Crippen LogP contribution in [-0.4, -0.2) is 65.8 Å². The maximum Gasteiger partial charge on any atom is 0.222 e. The Hall–Kier alpha value is 0.260. The quantitative estimate of drug-likeness (QED) is 0.724. The predicted molar refractivity (Wildman–Crippen MR) is 79.0 cm³/mol. The number of likely N-dealkylation sites (N-methyl/N-ethyl adjacent to an activating group) is 1. The topological polar surface area (TPSA) is 23.6 Å². The third-order valence-electron chi connectivity index (χ3n) is 2.86. The van der Waals surface area contributed by atoms with E-state index >= 15 is 0 Å². The van der Waals surface area contributed by atoms with Gasteiger partial charge < -0.3 is 9.80 Å². The summed E-state index contributed by atoms with van der Waals surface area (Å²) in [7, 11) is 4.16. The highest BCUT2D eigenvalue weighted by Gasteiger charge is 2.25. The maximum atomic E-state index is 12.2. The van der Waals surface area contributed by atoms with Gasteiger partial charge in [-0.25, -0.2) is 0 Å². The second kappa shape index (κ2) is 8.38. The summed E-state index contributed by atoms with van der Waals surface area (Å²) in [5.41, 5.74) is 0. The molecule has 1 heterocycles. The molecule has 1 aliphatic heterocycles. The molecule has 1 atom stereocenters. The van der Waals surface area contributed by atoms with Crippen LogP contribution in [-0.2, 0) is 4.79 Å². The van der Waals surface area contributed by atoms with Crippen molar-refractivity contribution in [2.75, 3.05) is 44.0 Å². The highest BCUT2D eigenvalue weighted by atomic mass is 79.9. The molecule has 17 heavy (non-hydrogen) atoms. The number of nitrogens with zero attached hydrogens (tertiary/aromatic N) is 2. The van der Waals surface area contributed by atoms with E-state index in [0.29, 0.717) is 18.4 Å². The van der Waals surface area contributed by atoms with Crippen LogP contribution >= 0.6 is 27.7 Å². The normalized spacial score (nSPS) is 21.6. The molecule has 0 spiro atoms. The molecule has 0 N–H and O–H groups in total. The van der Waals surface area contributed by atoms with Crippen LogP contribution < -0.4 is 0 Å². The average molecular weight is 323 g/mol. The number of halogens is 1. The van der Waals surface area contributed by atoms with Crippen LogP contribution in [0.1, 0.15) is 19.3 Å². The minimum Gasteiger partial charge on any atom is -0.338 e. The summed E-state index contributed by atoms with van der Waals surface area (Å²) in [6.45, 7) is 1.92. The second-order valence-electron chi connectivity index (χ2n) is 4.72. The van der Waals surface area contributed by atoms with E-state index in [9.17, 15) is 4.79 Å². The highest BCUT2D eigenvalue weighted by Crippen LogP contribution is 2.18. The van der Waals surface area contributed by atoms with Crippen LogP contribution in [0.4, 0.5) is 0 Å². The zero-order valence-electron chi connectivity index (χ0n) is 10.8. The number of carbonyl (C=O) groups excluding carboxylic acids is 1. The zero-order chi connectivity index (χ0) is 12.7. The fourth-order valence-corrected chi connectivity index (χ4v) is 3.43. The Morgan fingerprint density at radius 3 is 2.94 bits per heavy atom. The molecule has 0 radical (unpaired) electrons. The van der Waals surface area contributed by atoms with Gasteiger partial charge in [0.05, 0.1) is 6.04 Å². The smallest absolute Gasteiger partial charge is 0.222 e. The van der Waals surface area contributed by atoms with Gasteiger partial charge in [-0.05, 0) is 32.7 Å². The zero-order valence-corrected chi connectivity index (χ0v) is 13.2. The molecule has 0 aromatic carbocycles. The molecule has 0 bridgehead atoms. The fourth-order valence-electron chi connectivity index (χ4n) is 2.09. The van der Waals surface area contributed by atoms with Gasteiger partial charge in [0.2, 0.25) is 5.91 Å². The summed E-state index contributed by atoms with van der Waals surface area (Å²) in [5, 5.41) is 0.916. The van der Waals surface area contributed by atoms with Crippen LogP contribution in [0, 0.1) is 0 Å². The molecule has 0 aliphatic carbocycles. The molecular weight excluding hydrogens is 300 g/mol. The van der Waals surface area contributed by atoms with Gasteiger partial charge in [-0.3, -0.25) is 4.79 Å². The van der Waals surface area contributed by atoms with Gasteiger partial charge >= 0.3 is 0 Å². The Bertz CT molecular complexity index is 239. The van der Waals surface area contributed by atoms with E-state index in [4.69, 9.17) is 0 Å². The monoisotopic (exact) mass is 322 g/mol. The van der Waals surface area contributed by atoms with Crippen LogP contribution in [0.2, 0.25) is 0 Å². The largest absolute Gasteiger partial charge is 0.338 e. The van der Waals surface area contributed by atoms with Crippen molar-refractivity contribution in [1.82, 2.24) is 9.80 Å². The third kappa shape index (κ3) is 5.62. The average Bonchev–Trinajstić information content (AvgIpc) is 2.50. The standard InChI is InChI=1S/C12H23BrN2OS/c1-14(2)9-11-10-17-8-4-7-15(11)12(16)5-3-6-13/h11H,3-10H2,1-2H3. The predicted octanol–water partition coefficient (Wildman–Crippen LogP) is 2.06. The number of carbonyl (C=O) groups is 1.